The second kappa shape index (κ2) is 10.7. The number of carbonyl (C=O) groups excluding carboxylic acids is 2. The molecule has 0 aliphatic carbocycles. The third-order valence-electron chi connectivity index (χ3n) is 5.39. The van der Waals surface area contributed by atoms with Crippen LogP contribution in [0.5, 0.6) is 0 Å². The molecule has 3 rings (SSSR count). The summed E-state index contributed by atoms with van der Waals surface area (Å²) in [4.78, 5) is 52.4. The maximum absolute atomic E-state index is 13.6. The third kappa shape index (κ3) is 5.16. The Bertz CT molecular complexity index is 1190. The quantitative estimate of drug-likeness (QED) is 0.511. The van der Waals surface area contributed by atoms with Crippen molar-refractivity contribution in [1.82, 2.24) is 24.8 Å². The summed E-state index contributed by atoms with van der Waals surface area (Å²) in [7, 11) is 3.21. The maximum atomic E-state index is 13.6. The van der Waals surface area contributed by atoms with E-state index in [2.05, 4.69) is 25.6 Å². The van der Waals surface area contributed by atoms with Crippen LogP contribution in [-0.2, 0) is 9.59 Å². The Balaban J connectivity index is 2.18. The molecule has 174 valence electrons. The molecule has 0 bridgehead atoms. The summed E-state index contributed by atoms with van der Waals surface area (Å²) in [6.45, 7) is 4.00. The number of anilines is 2. The highest BCUT2D eigenvalue weighted by Gasteiger charge is 2.22. The van der Waals surface area contributed by atoms with Crippen molar-refractivity contribution in [1.29, 1.82) is 0 Å². The summed E-state index contributed by atoms with van der Waals surface area (Å²) in [6.07, 6.45) is 2.81. The third-order valence-corrected chi connectivity index (χ3v) is 5.39. The number of hydrogen-bond donors (Lipinski definition) is 2. The molecule has 0 saturated heterocycles. The van der Waals surface area contributed by atoms with Crippen molar-refractivity contribution in [3.05, 3.63) is 52.6 Å². The van der Waals surface area contributed by atoms with Crippen LogP contribution in [0.3, 0.4) is 0 Å². The van der Waals surface area contributed by atoms with E-state index in [1.165, 1.54) is 4.90 Å². The van der Waals surface area contributed by atoms with Crippen LogP contribution < -0.4 is 21.1 Å². The summed E-state index contributed by atoms with van der Waals surface area (Å²) >= 11 is 0. The van der Waals surface area contributed by atoms with E-state index in [-0.39, 0.29) is 36.2 Å². The van der Waals surface area contributed by atoms with E-state index in [1.807, 2.05) is 25.1 Å². The number of aromatic nitrogens is 4. The zero-order valence-electron chi connectivity index (χ0n) is 19.3. The van der Waals surface area contributed by atoms with Crippen molar-refractivity contribution in [2.24, 2.45) is 0 Å². The molecular formula is C23H29N7O3. The molecule has 0 saturated carbocycles. The van der Waals surface area contributed by atoms with Gasteiger partial charge >= 0.3 is 0 Å². The van der Waals surface area contributed by atoms with Gasteiger partial charge in [0.1, 0.15) is 11.3 Å². The fraction of sp³-hybridized carbons (Fsp3) is 0.391. The van der Waals surface area contributed by atoms with Gasteiger partial charge in [-0.3, -0.25) is 28.8 Å². The summed E-state index contributed by atoms with van der Waals surface area (Å²) in [5, 5.41) is 5.54. The fourth-order valence-electron chi connectivity index (χ4n) is 3.55. The average Bonchev–Trinajstić information content (AvgIpc) is 2.85. The van der Waals surface area contributed by atoms with E-state index in [0.29, 0.717) is 29.8 Å². The van der Waals surface area contributed by atoms with Crippen LogP contribution in [0.4, 0.5) is 11.6 Å². The van der Waals surface area contributed by atoms with Gasteiger partial charge in [-0.05, 0) is 30.7 Å². The van der Waals surface area contributed by atoms with E-state index >= 15 is 0 Å². The van der Waals surface area contributed by atoms with Crippen LogP contribution in [0, 0.1) is 0 Å². The van der Waals surface area contributed by atoms with Gasteiger partial charge in [0.2, 0.25) is 11.8 Å². The Morgan fingerprint density at radius 2 is 1.94 bits per heavy atom. The first-order valence-corrected chi connectivity index (χ1v) is 11.0. The lowest BCUT2D eigenvalue weighted by Gasteiger charge is -2.22. The lowest BCUT2D eigenvalue weighted by molar-refractivity contribution is -0.120. The number of amides is 2. The van der Waals surface area contributed by atoms with Crippen LogP contribution in [0.2, 0.25) is 0 Å². The monoisotopic (exact) mass is 451 g/mol. The Morgan fingerprint density at radius 3 is 2.58 bits per heavy atom. The van der Waals surface area contributed by atoms with Crippen LogP contribution in [0.25, 0.3) is 11.2 Å². The molecule has 2 N–H and O–H groups in total. The predicted octanol–water partition coefficient (Wildman–Crippen LogP) is 2.11. The van der Waals surface area contributed by atoms with Gasteiger partial charge in [-0.25, -0.2) is 9.97 Å². The van der Waals surface area contributed by atoms with Gasteiger partial charge in [-0.1, -0.05) is 19.9 Å². The molecule has 10 nitrogen and oxygen atoms in total. The SMILES string of the molecule is CCC(=O)N(C)c1ccc2nc(NCCC(=O)NC)c(=O)n(C(CC)c3ccccn3)c2n1. The van der Waals surface area contributed by atoms with Gasteiger partial charge in [0, 0.05) is 39.7 Å². The first kappa shape index (κ1) is 23.8. The summed E-state index contributed by atoms with van der Waals surface area (Å²) in [5.74, 6) is 0.334. The molecular weight excluding hydrogens is 422 g/mol. The van der Waals surface area contributed by atoms with Gasteiger partial charge in [0.15, 0.2) is 11.5 Å². The van der Waals surface area contributed by atoms with Crippen molar-refractivity contribution in [2.45, 2.75) is 39.2 Å². The van der Waals surface area contributed by atoms with Gasteiger partial charge in [-0.2, -0.15) is 0 Å². The van der Waals surface area contributed by atoms with E-state index in [0.717, 1.165) is 5.69 Å². The molecule has 0 spiro atoms. The van der Waals surface area contributed by atoms with Gasteiger partial charge in [0.05, 0.1) is 11.7 Å². The normalized spacial score (nSPS) is 11.8. The van der Waals surface area contributed by atoms with E-state index < -0.39 is 6.04 Å². The van der Waals surface area contributed by atoms with Crippen molar-refractivity contribution >= 4 is 34.6 Å². The Morgan fingerprint density at radius 1 is 1.15 bits per heavy atom. The molecule has 2 amide bonds. The molecule has 1 atom stereocenters. The molecule has 3 aromatic heterocycles. The first-order valence-electron chi connectivity index (χ1n) is 11.0. The average molecular weight is 452 g/mol. The van der Waals surface area contributed by atoms with E-state index in [4.69, 9.17) is 0 Å². The molecule has 3 heterocycles. The molecule has 0 aliphatic heterocycles. The molecule has 0 radical (unpaired) electrons. The summed E-state index contributed by atoms with van der Waals surface area (Å²) in [5.41, 5.74) is 1.21. The standard InChI is InChI=1S/C23H29N7O3/c1-5-17(15-9-7-8-13-25-15)30-22-16(10-11-18(28-22)29(4)20(32)6-2)27-21(23(30)33)26-14-12-19(31)24-3/h7-11,13,17H,5-6,12,14H2,1-4H3,(H,24,31)(H,26,27). The smallest absolute Gasteiger partial charge is 0.295 e. The molecule has 3 aromatic rings. The van der Waals surface area contributed by atoms with Crippen LogP contribution >= 0.6 is 0 Å². The minimum Gasteiger partial charge on any atom is -0.365 e. The highest BCUT2D eigenvalue weighted by molar-refractivity contribution is 5.92. The lowest BCUT2D eigenvalue weighted by atomic mass is 10.1. The molecule has 0 aromatic carbocycles. The maximum Gasteiger partial charge on any atom is 0.295 e. The zero-order valence-corrected chi connectivity index (χ0v) is 19.3. The number of nitrogens with one attached hydrogen (secondary N) is 2. The van der Waals surface area contributed by atoms with Gasteiger partial charge < -0.3 is 10.6 Å². The van der Waals surface area contributed by atoms with Crippen LogP contribution in [-0.4, -0.2) is 52.0 Å². The minimum atomic E-state index is -0.390. The summed E-state index contributed by atoms with van der Waals surface area (Å²) < 4.78 is 1.57. The van der Waals surface area contributed by atoms with Crippen LogP contribution in [0.15, 0.2) is 41.3 Å². The fourth-order valence-corrected chi connectivity index (χ4v) is 3.55. The first-order chi connectivity index (χ1) is 15.9. The highest BCUT2D eigenvalue weighted by Crippen LogP contribution is 2.24. The van der Waals surface area contributed by atoms with Gasteiger partial charge in [-0.15, -0.1) is 0 Å². The van der Waals surface area contributed by atoms with Crippen molar-refractivity contribution in [3.8, 4) is 0 Å². The molecule has 0 aliphatic rings. The predicted molar refractivity (Wildman–Crippen MR) is 127 cm³/mol. The number of rotatable bonds is 9. The topological polar surface area (TPSA) is 122 Å². The Hall–Kier alpha value is -3.82. The van der Waals surface area contributed by atoms with Crippen molar-refractivity contribution in [3.63, 3.8) is 0 Å². The Kier molecular flexibility index (Phi) is 7.70. The summed E-state index contributed by atoms with van der Waals surface area (Å²) in [6, 6.07) is 8.60. The van der Waals surface area contributed by atoms with Crippen LogP contribution in [0.1, 0.15) is 44.8 Å². The molecule has 0 fully saturated rings. The number of carbonyl (C=O) groups is 2. The number of fused-ring (bicyclic) bond motifs is 1. The number of nitrogens with zero attached hydrogens (tertiary/aromatic N) is 5. The van der Waals surface area contributed by atoms with E-state index in [1.54, 1.807) is 43.9 Å². The second-order valence-corrected chi connectivity index (χ2v) is 7.48. The largest absolute Gasteiger partial charge is 0.365 e. The van der Waals surface area contributed by atoms with E-state index in [9.17, 15) is 14.4 Å². The highest BCUT2D eigenvalue weighted by atomic mass is 16.2. The van der Waals surface area contributed by atoms with Crippen molar-refractivity contribution in [2.75, 3.05) is 30.9 Å². The van der Waals surface area contributed by atoms with Gasteiger partial charge in [0.25, 0.3) is 5.56 Å². The molecule has 10 heteroatoms. The molecule has 33 heavy (non-hydrogen) atoms. The number of pyridine rings is 2. The molecule has 1 unspecified atom stereocenters. The second-order valence-electron chi connectivity index (χ2n) is 7.48. The lowest BCUT2D eigenvalue weighted by Crippen LogP contribution is -2.32. The minimum absolute atomic E-state index is 0.0899. The van der Waals surface area contributed by atoms with Crippen molar-refractivity contribution < 1.29 is 9.59 Å². The zero-order chi connectivity index (χ0) is 24.0. The Labute approximate surface area is 192 Å². The number of hydrogen-bond acceptors (Lipinski definition) is 7.